The zero-order valence-corrected chi connectivity index (χ0v) is 15.5. The van der Waals surface area contributed by atoms with Crippen LogP contribution in [0.3, 0.4) is 0 Å². The maximum atomic E-state index is 12.9. The summed E-state index contributed by atoms with van der Waals surface area (Å²) in [6.45, 7) is 0. The molecule has 21 heavy (non-hydrogen) atoms. The molecular formula is C14H11F3N3Tl. The van der Waals surface area contributed by atoms with Gasteiger partial charge in [0.2, 0.25) is 0 Å². The Morgan fingerprint density at radius 1 is 1.29 bits per heavy atom. The van der Waals surface area contributed by atoms with Crippen molar-refractivity contribution in [3.63, 3.8) is 0 Å². The van der Waals surface area contributed by atoms with Crippen molar-refractivity contribution in [2.24, 2.45) is 0 Å². The molecule has 0 saturated heterocycles. The van der Waals surface area contributed by atoms with Crippen LogP contribution in [-0.2, 0) is 0 Å². The molecule has 1 heterocycles. The third-order valence-corrected chi connectivity index (χ3v) is 5.01. The molecule has 1 aromatic heterocycles. The predicted octanol–water partition coefficient (Wildman–Crippen LogP) is 3.22. The molecule has 1 aromatic carbocycles. The molecule has 0 saturated carbocycles. The zero-order chi connectivity index (χ0) is 15.2. The monoisotopic (exact) mass is 483 g/mol. The first-order valence-corrected chi connectivity index (χ1v) is 8.38. The number of benzene rings is 1. The van der Waals surface area contributed by atoms with Crippen molar-refractivity contribution in [3.05, 3.63) is 41.6 Å². The molecule has 0 unspecified atom stereocenters. The summed E-state index contributed by atoms with van der Waals surface area (Å²) in [4.78, 5) is 0. The number of alkyl halides is 3. The molecule has 106 valence electrons. The Morgan fingerprint density at radius 3 is 2.76 bits per heavy atom. The molecular weight excluding hydrogens is 472 g/mol. The van der Waals surface area contributed by atoms with Crippen molar-refractivity contribution < 1.29 is 13.2 Å². The SMILES string of the molecule is Nc1ccc2c(c1)c(C1=CCCC(C(F)(F)F)=C1)n[n]2[Tl]. The van der Waals surface area contributed by atoms with Gasteiger partial charge in [-0.1, -0.05) is 0 Å². The van der Waals surface area contributed by atoms with Crippen LogP contribution in [0.4, 0.5) is 18.9 Å². The Kier molecular flexibility index (Phi) is 3.58. The van der Waals surface area contributed by atoms with Gasteiger partial charge in [0.1, 0.15) is 0 Å². The van der Waals surface area contributed by atoms with Crippen molar-refractivity contribution in [1.29, 1.82) is 0 Å². The van der Waals surface area contributed by atoms with Crippen LogP contribution < -0.4 is 5.73 Å². The summed E-state index contributed by atoms with van der Waals surface area (Å²) in [6, 6.07) is 5.41. The fourth-order valence-electron chi connectivity index (χ4n) is 2.46. The normalized spacial score (nSPS) is 15.9. The predicted molar refractivity (Wildman–Crippen MR) is 76.6 cm³/mol. The Bertz CT molecular complexity index is 772. The second kappa shape index (κ2) is 5.15. The number of rotatable bonds is 1. The number of hydrogen-bond acceptors (Lipinski definition) is 2. The van der Waals surface area contributed by atoms with E-state index in [9.17, 15) is 13.2 Å². The second-order valence-corrected chi connectivity index (χ2v) is 6.84. The number of nitrogen functional groups attached to an aromatic ring is 1. The number of aromatic nitrogens is 2. The van der Waals surface area contributed by atoms with Gasteiger partial charge in [-0.3, -0.25) is 0 Å². The molecule has 1 aliphatic carbocycles. The van der Waals surface area contributed by atoms with Crippen molar-refractivity contribution in [3.8, 4) is 0 Å². The number of hydrogen-bond donors (Lipinski definition) is 1. The molecule has 0 radical (unpaired) electrons. The summed E-state index contributed by atoms with van der Waals surface area (Å²) >= 11 is 0.435. The van der Waals surface area contributed by atoms with Gasteiger partial charge in [0.25, 0.3) is 0 Å². The third-order valence-electron chi connectivity index (χ3n) is 3.48. The number of nitrogens with zero attached hydrogens (tertiary/aromatic N) is 2. The molecule has 2 aromatic rings. The minimum atomic E-state index is -4.28. The van der Waals surface area contributed by atoms with E-state index < -0.39 is 11.7 Å². The van der Waals surface area contributed by atoms with Crippen molar-refractivity contribution >= 4 is 48.2 Å². The van der Waals surface area contributed by atoms with Gasteiger partial charge < -0.3 is 0 Å². The van der Waals surface area contributed by atoms with Crippen LogP contribution in [-0.4, -0.2) is 39.8 Å². The number of allylic oxidation sites excluding steroid dienone is 4. The van der Waals surface area contributed by atoms with Crippen molar-refractivity contribution in [1.82, 2.24) is 7.59 Å². The van der Waals surface area contributed by atoms with Crippen LogP contribution in [0.25, 0.3) is 16.5 Å². The average Bonchev–Trinajstić information content (AvgIpc) is 2.75. The third kappa shape index (κ3) is 2.72. The zero-order valence-electron chi connectivity index (χ0n) is 11.0. The van der Waals surface area contributed by atoms with Gasteiger partial charge >= 0.3 is 135 Å². The minimum absolute atomic E-state index is 0.0242. The van der Waals surface area contributed by atoms with E-state index in [1.807, 2.05) is 14.6 Å². The van der Waals surface area contributed by atoms with Crippen LogP contribution in [0, 0.1) is 0 Å². The molecule has 0 spiro atoms. The van der Waals surface area contributed by atoms with Gasteiger partial charge in [0, 0.05) is 0 Å². The molecule has 1 aliphatic rings. The molecule has 2 N–H and O–H groups in total. The number of anilines is 1. The van der Waals surface area contributed by atoms with Gasteiger partial charge in [-0.15, -0.1) is 0 Å². The molecule has 0 amide bonds. The fraction of sp³-hybridized carbons (Fsp3) is 0.214. The second-order valence-electron chi connectivity index (χ2n) is 4.94. The standard InChI is InChI=1S/C14H11F3N3.Tl/c15-14(16,17)9-3-1-2-8(6-9)13-11-7-10(18)4-5-12(11)19-20-13;/h2,4-7H,1,3,18H2;/q-1;+1. The van der Waals surface area contributed by atoms with E-state index in [1.165, 1.54) is 6.08 Å². The molecule has 0 atom stereocenters. The first kappa shape index (κ1) is 14.6. The van der Waals surface area contributed by atoms with Gasteiger partial charge in [-0.05, 0) is 0 Å². The van der Waals surface area contributed by atoms with E-state index >= 15 is 0 Å². The molecule has 7 heteroatoms. The Labute approximate surface area is 135 Å². The number of nitrogens with two attached hydrogens (primary N) is 1. The van der Waals surface area contributed by atoms with Crippen LogP contribution in [0.2, 0.25) is 0 Å². The summed E-state index contributed by atoms with van der Waals surface area (Å²) < 4.78 is 40.5. The van der Waals surface area contributed by atoms with E-state index in [0.717, 1.165) is 10.9 Å². The van der Waals surface area contributed by atoms with E-state index in [-0.39, 0.29) is 6.42 Å². The molecule has 0 fully saturated rings. The Balaban J connectivity index is 2.15. The Morgan fingerprint density at radius 2 is 2.05 bits per heavy atom. The van der Waals surface area contributed by atoms with E-state index in [4.69, 9.17) is 5.73 Å². The molecule has 0 aliphatic heterocycles. The van der Waals surface area contributed by atoms with Gasteiger partial charge in [-0.2, -0.15) is 0 Å². The molecule has 3 nitrogen and oxygen atoms in total. The maximum absolute atomic E-state index is 12.9. The summed E-state index contributed by atoms with van der Waals surface area (Å²) in [7, 11) is 0. The molecule has 3 rings (SSSR count). The van der Waals surface area contributed by atoms with Crippen molar-refractivity contribution in [2.75, 3.05) is 5.73 Å². The van der Waals surface area contributed by atoms with Gasteiger partial charge in [-0.25, -0.2) is 0 Å². The summed E-state index contributed by atoms with van der Waals surface area (Å²) in [5.41, 5.74) is 7.90. The Hall–Kier alpha value is -1.32. The van der Waals surface area contributed by atoms with Gasteiger partial charge in [0.15, 0.2) is 0 Å². The van der Waals surface area contributed by atoms with Crippen molar-refractivity contribution in [2.45, 2.75) is 19.0 Å². The van der Waals surface area contributed by atoms with Crippen LogP contribution >= 0.6 is 0 Å². The number of halogens is 3. The quantitative estimate of drug-likeness (QED) is 0.501. The van der Waals surface area contributed by atoms with E-state index in [2.05, 4.69) is 5.10 Å². The van der Waals surface area contributed by atoms with Crippen LogP contribution in [0.5, 0.6) is 0 Å². The summed E-state index contributed by atoms with van der Waals surface area (Å²) in [5, 5.41) is 5.23. The van der Waals surface area contributed by atoms with Crippen LogP contribution in [0.15, 0.2) is 35.9 Å². The average molecular weight is 483 g/mol. The number of fused-ring (bicyclic) bond motifs is 1. The van der Waals surface area contributed by atoms with Crippen LogP contribution in [0.1, 0.15) is 18.5 Å². The fourth-order valence-corrected chi connectivity index (χ4v) is 3.79. The molecule has 0 bridgehead atoms. The van der Waals surface area contributed by atoms with E-state index in [0.29, 0.717) is 49.4 Å². The summed E-state index contributed by atoms with van der Waals surface area (Å²) in [5.74, 6) is 0. The van der Waals surface area contributed by atoms with Gasteiger partial charge in [0.05, 0.1) is 0 Å². The first-order chi connectivity index (χ1) is 9.86. The topological polar surface area (TPSA) is 43.8 Å². The summed E-state index contributed by atoms with van der Waals surface area (Å²) in [6.07, 6.45) is -0.860. The van der Waals surface area contributed by atoms with E-state index in [1.54, 1.807) is 12.1 Å². The first-order valence-electron chi connectivity index (χ1n) is 6.38.